The average molecular weight is 457 g/mol. The Morgan fingerprint density at radius 2 is 1.84 bits per heavy atom. The predicted octanol–water partition coefficient (Wildman–Crippen LogP) is 1.01. The van der Waals surface area contributed by atoms with E-state index in [9.17, 15) is 9.59 Å². The third-order valence-electron chi connectivity index (χ3n) is 5.83. The first-order valence-corrected chi connectivity index (χ1v) is 11.9. The molecule has 0 spiro atoms. The van der Waals surface area contributed by atoms with Crippen LogP contribution in [0.15, 0.2) is 5.10 Å². The number of nitrogens with zero attached hydrogens (tertiary/aromatic N) is 1. The van der Waals surface area contributed by atoms with E-state index in [2.05, 4.69) is 35.1 Å². The fourth-order valence-electron chi connectivity index (χ4n) is 4.31. The van der Waals surface area contributed by atoms with E-state index in [1.807, 2.05) is 0 Å². The van der Waals surface area contributed by atoms with E-state index >= 15 is 0 Å². The highest BCUT2D eigenvalue weighted by Gasteiger charge is 2.38. The standard InChI is InChI=1S/C19H36N6O4.C3H8/c1-22-12-18(26)28-7-2-8-29-19(27)16-10-15-9-13(3-5-14(15)11-23-16)4-6-17(20)24-25-21;1-3-2/h13-16,22-23,25H,2-12,21H2,1H3,(H2,20,24);3H2,1-2H3. The molecule has 0 radical (unpaired) electrons. The normalized spacial score (nSPS) is 25.1. The number of nitrogens with one attached hydrogen (secondary N) is 3. The lowest BCUT2D eigenvalue weighted by atomic mass is 9.69. The van der Waals surface area contributed by atoms with Crippen LogP contribution in [0.5, 0.6) is 0 Å². The molecular weight excluding hydrogens is 412 g/mol. The van der Waals surface area contributed by atoms with Crippen molar-refractivity contribution in [2.24, 2.45) is 34.4 Å². The van der Waals surface area contributed by atoms with Crippen molar-refractivity contribution in [2.75, 3.05) is 33.4 Å². The van der Waals surface area contributed by atoms with Crippen LogP contribution in [0.1, 0.15) is 65.2 Å². The summed E-state index contributed by atoms with van der Waals surface area (Å²) < 4.78 is 10.4. The lowest BCUT2D eigenvalue weighted by Gasteiger charge is -2.42. The van der Waals surface area contributed by atoms with Crippen molar-refractivity contribution in [1.82, 2.24) is 16.2 Å². The maximum absolute atomic E-state index is 12.4. The van der Waals surface area contributed by atoms with Crippen LogP contribution in [0, 0.1) is 17.8 Å². The maximum atomic E-state index is 12.4. The molecule has 10 heteroatoms. The minimum absolute atomic E-state index is 0.179. The van der Waals surface area contributed by atoms with Gasteiger partial charge in [0.1, 0.15) is 11.9 Å². The Bertz CT molecular complexity index is 575. The quantitative estimate of drug-likeness (QED) is 0.0765. The second kappa shape index (κ2) is 16.7. The van der Waals surface area contributed by atoms with Gasteiger partial charge in [0.05, 0.1) is 19.8 Å². The molecule has 2 fully saturated rings. The number of hydrogen-bond acceptors (Lipinski definition) is 9. The van der Waals surface area contributed by atoms with E-state index in [0.717, 1.165) is 32.2 Å². The molecular formula is C22H44N6O4. The van der Waals surface area contributed by atoms with Crippen LogP contribution in [0.2, 0.25) is 0 Å². The van der Waals surface area contributed by atoms with Crippen molar-refractivity contribution in [1.29, 1.82) is 0 Å². The maximum Gasteiger partial charge on any atom is 0.323 e. The van der Waals surface area contributed by atoms with E-state index in [1.54, 1.807) is 7.05 Å². The summed E-state index contributed by atoms with van der Waals surface area (Å²) in [5, 5.41) is 9.88. The van der Waals surface area contributed by atoms with Gasteiger partial charge in [0.25, 0.3) is 0 Å². The molecule has 0 bridgehead atoms. The summed E-state index contributed by atoms with van der Waals surface area (Å²) in [6, 6.07) is -0.255. The van der Waals surface area contributed by atoms with Gasteiger partial charge in [-0.15, -0.1) is 0 Å². The molecule has 7 N–H and O–H groups in total. The number of amidine groups is 1. The molecule has 186 valence electrons. The summed E-state index contributed by atoms with van der Waals surface area (Å²) >= 11 is 0. The Balaban J connectivity index is 0.00000161. The minimum atomic E-state index is -0.307. The van der Waals surface area contributed by atoms with Crippen LogP contribution < -0.4 is 27.7 Å². The Hall–Kier alpha value is -1.91. The van der Waals surface area contributed by atoms with Gasteiger partial charge in [0.2, 0.25) is 0 Å². The van der Waals surface area contributed by atoms with Crippen molar-refractivity contribution in [3.05, 3.63) is 0 Å². The summed E-state index contributed by atoms with van der Waals surface area (Å²) in [7, 11) is 1.68. The van der Waals surface area contributed by atoms with Crippen LogP contribution in [-0.4, -0.2) is 57.2 Å². The molecule has 1 saturated heterocycles. The SMILES string of the molecule is CCC.CNCC(=O)OCCCOC(=O)C1CC2CC(CC/C(N)=N/NN)CCC2CN1. The number of likely N-dealkylation sites (N-methyl/N-ethyl adjacent to an activating group) is 1. The first-order chi connectivity index (χ1) is 15.4. The summed E-state index contributed by atoms with van der Waals surface area (Å²) in [5.41, 5.74) is 8.03. The zero-order valence-corrected chi connectivity index (χ0v) is 20.0. The molecule has 1 heterocycles. The topological polar surface area (TPSA) is 153 Å². The average Bonchev–Trinajstić information content (AvgIpc) is 2.77. The Morgan fingerprint density at radius 1 is 1.12 bits per heavy atom. The first-order valence-electron chi connectivity index (χ1n) is 11.9. The van der Waals surface area contributed by atoms with E-state index in [0.29, 0.717) is 30.0 Å². The van der Waals surface area contributed by atoms with Crippen molar-refractivity contribution >= 4 is 17.8 Å². The number of hydrogen-bond donors (Lipinski definition) is 5. The van der Waals surface area contributed by atoms with Gasteiger partial charge in [-0.1, -0.05) is 26.7 Å². The molecule has 1 aliphatic heterocycles. The highest BCUT2D eigenvalue weighted by molar-refractivity contribution is 5.79. The Kier molecular flexibility index (Phi) is 14.7. The van der Waals surface area contributed by atoms with Gasteiger partial charge in [0.15, 0.2) is 0 Å². The van der Waals surface area contributed by atoms with Gasteiger partial charge in [-0.2, -0.15) is 5.10 Å². The molecule has 4 unspecified atom stereocenters. The number of rotatable bonds is 11. The van der Waals surface area contributed by atoms with E-state index < -0.39 is 0 Å². The van der Waals surface area contributed by atoms with Gasteiger partial charge >= 0.3 is 11.9 Å². The highest BCUT2D eigenvalue weighted by atomic mass is 16.5. The second-order valence-electron chi connectivity index (χ2n) is 8.65. The number of carbonyl (C=O) groups excluding carboxylic acids is 2. The van der Waals surface area contributed by atoms with Crippen LogP contribution >= 0.6 is 0 Å². The number of fused-ring (bicyclic) bond motifs is 1. The molecule has 1 aliphatic carbocycles. The van der Waals surface area contributed by atoms with E-state index in [1.165, 1.54) is 19.3 Å². The molecule has 32 heavy (non-hydrogen) atoms. The van der Waals surface area contributed by atoms with Gasteiger partial charge in [-0.3, -0.25) is 9.59 Å². The molecule has 1 saturated carbocycles. The van der Waals surface area contributed by atoms with Crippen LogP contribution in [-0.2, 0) is 19.1 Å². The third-order valence-corrected chi connectivity index (χ3v) is 5.83. The van der Waals surface area contributed by atoms with Crippen molar-refractivity contribution in [2.45, 2.75) is 71.3 Å². The van der Waals surface area contributed by atoms with Gasteiger partial charge in [-0.25, -0.2) is 11.4 Å². The lowest BCUT2D eigenvalue weighted by Crippen LogP contribution is -2.50. The monoisotopic (exact) mass is 456 g/mol. The van der Waals surface area contributed by atoms with Crippen LogP contribution in [0.3, 0.4) is 0 Å². The molecule has 2 rings (SSSR count). The smallest absolute Gasteiger partial charge is 0.323 e. The van der Waals surface area contributed by atoms with Crippen molar-refractivity contribution in [3.63, 3.8) is 0 Å². The Morgan fingerprint density at radius 3 is 2.53 bits per heavy atom. The van der Waals surface area contributed by atoms with Crippen molar-refractivity contribution < 1.29 is 19.1 Å². The minimum Gasteiger partial charge on any atom is -0.465 e. The fraction of sp³-hybridized carbons (Fsp3) is 0.864. The molecule has 10 nitrogen and oxygen atoms in total. The van der Waals surface area contributed by atoms with Gasteiger partial charge in [0, 0.05) is 12.8 Å². The third kappa shape index (κ3) is 11.1. The fourth-order valence-corrected chi connectivity index (χ4v) is 4.31. The van der Waals surface area contributed by atoms with Gasteiger partial charge in [-0.05, 0) is 57.0 Å². The van der Waals surface area contributed by atoms with Gasteiger partial charge < -0.3 is 25.8 Å². The number of ether oxygens (including phenoxy) is 2. The molecule has 0 aromatic rings. The molecule has 0 aromatic heterocycles. The number of hydrazine groups is 1. The number of piperidine rings is 1. The van der Waals surface area contributed by atoms with E-state index in [-0.39, 0.29) is 37.7 Å². The zero-order chi connectivity index (χ0) is 23.8. The first kappa shape index (κ1) is 28.1. The number of hydrazone groups is 1. The van der Waals surface area contributed by atoms with Crippen molar-refractivity contribution in [3.8, 4) is 0 Å². The second-order valence-corrected chi connectivity index (χ2v) is 8.65. The summed E-state index contributed by atoms with van der Waals surface area (Å²) in [4.78, 5) is 23.6. The molecule has 0 amide bonds. The largest absolute Gasteiger partial charge is 0.465 e. The summed E-state index contributed by atoms with van der Waals surface area (Å²) in [6.45, 7) is 5.80. The van der Waals surface area contributed by atoms with Crippen LogP contribution in [0.4, 0.5) is 0 Å². The molecule has 0 aromatic carbocycles. The highest BCUT2D eigenvalue weighted by Crippen LogP contribution is 2.40. The lowest BCUT2D eigenvalue weighted by molar-refractivity contribution is -0.149. The number of nitrogens with two attached hydrogens (primary N) is 2. The molecule has 2 aliphatic rings. The summed E-state index contributed by atoms with van der Waals surface area (Å²) in [5.74, 6) is 6.92. The van der Waals surface area contributed by atoms with E-state index in [4.69, 9.17) is 21.1 Å². The molecule has 4 atom stereocenters. The predicted molar refractivity (Wildman–Crippen MR) is 125 cm³/mol. The number of esters is 2. The van der Waals surface area contributed by atoms with Crippen LogP contribution in [0.25, 0.3) is 0 Å². The summed E-state index contributed by atoms with van der Waals surface area (Å²) in [6.07, 6.45) is 7.76. The Labute approximate surface area is 192 Å². The number of carbonyl (C=O) groups is 2. The zero-order valence-electron chi connectivity index (χ0n) is 20.0.